The van der Waals surface area contributed by atoms with Crippen LogP contribution in [-0.4, -0.2) is 26.0 Å². The van der Waals surface area contributed by atoms with Crippen LogP contribution in [0.2, 0.25) is 0 Å². The molecule has 6 nitrogen and oxygen atoms in total. The first kappa shape index (κ1) is 11.8. The number of pyridine rings is 1. The van der Waals surface area contributed by atoms with Crippen LogP contribution >= 0.6 is 15.9 Å². The first-order valence-electron chi connectivity index (χ1n) is 4.99. The predicted octanol–water partition coefficient (Wildman–Crippen LogP) is 1.17. The van der Waals surface area contributed by atoms with E-state index in [0.717, 1.165) is 4.47 Å². The summed E-state index contributed by atoms with van der Waals surface area (Å²) in [6.07, 6.45) is 1.77. The molecule has 0 aliphatic carbocycles. The number of nitrogens with one attached hydrogen (secondary N) is 1. The van der Waals surface area contributed by atoms with Gasteiger partial charge in [0.05, 0.1) is 4.47 Å². The van der Waals surface area contributed by atoms with Gasteiger partial charge in [-0.15, -0.1) is 5.10 Å². The lowest BCUT2D eigenvalue weighted by Crippen LogP contribution is -2.45. The molecule has 17 heavy (non-hydrogen) atoms. The molecular weight excluding hydrogens is 286 g/mol. The summed E-state index contributed by atoms with van der Waals surface area (Å²) in [6, 6.07) is 3.71. The van der Waals surface area contributed by atoms with Crippen LogP contribution in [0.25, 0.3) is 5.65 Å². The SMILES string of the molecule is CC(C)(Nc1nc2c(Br)cccn2n1)C(N)=O. The Hall–Kier alpha value is -1.63. The highest BCUT2D eigenvalue weighted by Crippen LogP contribution is 2.18. The maximum atomic E-state index is 11.2. The van der Waals surface area contributed by atoms with Gasteiger partial charge in [0.15, 0.2) is 5.65 Å². The summed E-state index contributed by atoms with van der Waals surface area (Å²) >= 11 is 3.38. The molecule has 0 aliphatic rings. The van der Waals surface area contributed by atoms with Gasteiger partial charge in [-0.25, -0.2) is 4.52 Å². The molecule has 7 heteroatoms. The van der Waals surface area contributed by atoms with Crippen LogP contribution in [-0.2, 0) is 4.79 Å². The fourth-order valence-corrected chi connectivity index (χ4v) is 1.69. The van der Waals surface area contributed by atoms with Crippen LogP contribution in [0.3, 0.4) is 0 Å². The van der Waals surface area contributed by atoms with Crippen molar-refractivity contribution in [1.82, 2.24) is 14.6 Å². The molecule has 2 heterocycles. The lowest BCUT2D eigenvalue weighted by molar-refractivity contribution is -0.121. The number of fused-ring (bicyclic) bond motifs is 1. The summed E-state index contributed by atoms with van der Waals surface area (Å²) in [6.45, 7) is 3.35. The lowest BCUT2D eigenvalue weighted by atomic mass is 10.1. The summed E-state index contributed by atoms with van der Waals surface area (Å²) < 4.78 is 2.45. The van der Waals surface area contributed by atoms with Gasteiger partial charge in [-0.3, -0.25) is 4.79 Å². The molecule has 2 aromatic rings. The molecule has 2 aromatic heterocycles. The molecule has 0 saturated carbocycles. The first-order chi connectivity index (χ1) is 7.90. The minimum atomic E-state index is -0.891. The fraction of sp³-hybridized carbons (Fsp3) is 0.300. The molecule has 0 radical (unpaired) electrons. The lowest BCUT2D eigenvalue weighted by Gasteiger charge is -2.20. The molecule has 0 unspecified atom stereocenters. The van der Waals surface area contributed by atoms with Crippen molar-refractivity contribution in [3.05, 3.63) is 22.8 Å². The second-order valence-electron chi connectivity index (χ2n) is 4.17. The molecule has 0 aromatic carbocycles. The zero-order valence-corrected chi connectivity index (χ0v) is 11.0. The number of halogens is 1. The topological polar surface area (TPSA) is 85.3 Å². The van der Waals surface area contributed by atoms with Crippen LogP contribution in [0, 0.1) is 0 Å². The highest BCUT2D eigenvalue weighted by atomic mass is 79.9. The Bertz CT molecular complexity index is 577. The number of primary amides is 1. The number of anilines is 1. The van der Waals surface area contributed by atoms with Crippen LogP contribution in [0.1, 0.15) is 13.8 Å². The summed E-state index contributed by atoms with van der Waals surface area (Å²) in [7, 11) is 0. The minimum Gasteiger partial charge on any atom is -0.368 e. The van der Waals surface area contributed by atoms with Crippen molar-refractivity contribution >= 4 is 33.4 Å². The molecule has 0 spiro atoms. The largest absolute Gasteiger partial charge is 0.368 e. The number of nitrogens with zero attached hydrogens (tertiary/aromatic N) is 3. The van der Waals surface area contributed by atoms with Gasteiger partial charge in [-0.2, -0.15) is 4.98 Å². The average molecular weight is 298 g/mol. The first-order valence-corrected chi connectivity index (χ1v) is 5.78. The molecular formula is C10H12BrN5O. The number of rotatable bonds is 3. The maximum absolute atomic E-state index is 11.2. The number of hydrogen-bond acceptors (Lipinski definition) is 4. The molecule has 0 saturated heterocycles. The quantitative estimate of drug-likeness (QED) is 0.890. The van der Waals surface area contributed by atoms with E-state index < -0.39 is 11.4 Å². The van der Waals surface area contributed by atoms with Gasteiger partial charge in [0, 0.05) is 6.20 Å². The molecule has 0 atom stereocenters. The second-order valence-corrected chi connectivity index (χ2v) is 5.03. The van der Waals surface area contributed by atoms with Gasteiger partial charge in [0.25, 0.3) is 0 Å². The van der Waals surface area contributed by atoms with Gasteiger partial charge in [0.1, 0.15) is 5.54 Å². The predicted molar refractivity (Wildman–Crippen MR) is 67.6 cm³/mol. The van der Waals surface area contributed by atoms with E-state index >= 15 is 0 Å². The van der Waals surface area contributed by atoms with E-state index in [2.05, 4.69) is 31.3 Å². The van der Waals surface area contributed by atoms with Crippen LogP contribution in [0.15, 0.2) is 22.8 Å². The zero-order valence-electron chi connectivity index (χ0n) is 9.44. The van der Waals surface area contributed by atoms with Crippen molar-refractivity contribution in [2.24, 2.45) is 5.73 Å². The van der Waals surface area contributed by atoms with E-state index in [1.54, 1.807) is 24.6 Å². The van der Waals surface area contributed by atoms with E-state index in [9.17, 15) is 4.79 Å². The van der Waals surface area contributed by atoms with Gasteiger partial charge in [-0.1, -0.05) is 0 Å². The van der Waals surface area contributed by atoms with Gasteiger partial charge in [-0.05, 0) is 41.9 Å². The summed E-state index contributed by atoms with van der Waals surface area (Å²) in [5.74, 6) is -0.101. The molecule has 0 bridgehead atoms. The van der Waals surface area contributed by atoms with E-state index in [-0.39, 0.29) is 0 Å². The highest BCUT2D eigenvalue weighted by Gasteiger charge is 2.26. The number of aromatic nitrogens is 3. The molecule has 2 rings (SSSR count). The molecule has 1 amide bonds. The molecule has 0 aliphatic heterocycles. The summed E-state index contributed by atoms with van der Waals surface area (Å²) in [5, 5.41) is 7.09. The maximum Gasteiger partial charge on any atom is 0.243 e. The Balaban J connectivity index is 2.38. The third-order valence-corrected chi connectivity index (χ3v) is 2.97. The molecule has 3 N–H and O–H groups in total. The number of hydrogen-bond donors (Lipinski definition) is 2. The Morgan fingerprint density at radius 2 is 2.29 bits per heavy atom. The number of carbonyl (C=O) groups excluding carboxylic acids is 1. The van der Waals surface area contributed by atoms with Crippen molar-refractivity contribution in [3.63, 3.8) is 0 Å². The van der Waals surface area contributed by atoms with E-state index in [1.165, 1.54) is 0 Å². The minimum absolute atomic E-state index is 0.362. The third kappa shape index (κ3) is 2.23. The highest BCUT2D eigenvalue weighted by molar-refractivity contribution is 9.10. The number of carbonyl (C=O) groups is 1. The standard InChI is InChI=1S/C10H12BrN5O/c1-10(2,8(12)17)14-9-13-7-6(11)4-3-5-16(7)15-9/h3-5H,1-2H3,(H2,12,17)(H,14,15). The van der Waals surface area contributed by atoms with E-state index in [4.69, 9.17) is 5.73 Å². The Kier molecular flexibility index (Phi) is 2.78. The normalized spacial score (nSPS) is 11.7. The molecule has 0 fully saturated rings. The molecule has 90 valence electrons. The fourth-order valence-electron chi connectivity index (χ4n) is 1.27. The van der Waals surface area contributed by atoms with Crippen molar-refractivity contribution in [3.8, 4) is 0 Å². The van der Waals surface area contributed by atoms with Crippen LogP contribution in [0.4, 0.5) is 5.95 Å². The number of nitrogens with two attached hydrogens (primary N) is 1. The summed E-state index contributed by atoms with van der Waals surface area (Å²) in [4.78, 5) is 15.5. The average Bonchev–Trinajstić information content (AvgIpc) is 2.60. The van der Waals surface area contributed by atoms with Crippen molar-refractivity contribution < 1.29 is 4.79 Å². The smallest absolute Gasteiger partial charge is 0.243 e. The Labute approximate surface area is 106 Å². The van der Waals surface area contributed by atoms with Crippen LogP contribution < -0.4 is 11.1 Å². The number of amides is 1. The van der Waals surface area contributed by atoms with Gasteiger partial charge in [0.2, 0.25) is 11.9 Å². The van der Waals surface area contributed by atoms with Crippen molar-refractivity contribution in [2.75, 3.05) is 5.32 Å². The van der Waals surface area contributed by atoms with Crippen molar-refractivity contribution in [2.45, 2.75) is 19.4 Å². The van der Waals surface area contributed by atoms with Crippen molar-refractivity contribution in [1.29, 1.82) is 0 Å². The van der Waals surface area contributed by atoms with E-state index in [1.807, 2.05) is 12.1 Å². The second kappa shape index (κ2) is 3.99. The Morgan fingerprint density at radius 3 is 2.88 bits per heavy atom. The van der Waals surface area contributed by atoms with Gasteiger partial charge >= 0.3 is 0 Å². The van der Waals surface area contributed by atoms with Crippen LogP contribution in [0.5, 0.6) is 0 Å². The zero-order chi connectivity index (χ0) is 12.6. The monoisotopic (exact) mass is 297 g/mol. The van der Waals surface area contributed by atoms with Gasteiger partial charge < -0.3 is 11.1 Å². The van der Waals surface area contributed by atoms with E-state index in [0.29, 0.717) is 11.6 Å². The third-order valence-electron chi connectivity index (χ3n) is 2.36. The summed E-state index contributed by atoms with van der Waals surface area (Å²) in [5.41, 5.74) is 5.05. The Morgan fingerprint density at radius 1 is 1.59 bits per heavy atom.